The van der Waals surface area contributed by atoms with Gasteiger partial charge >= 0.3 is 5.97 Å². The third-order valence-electron chi connectivity index (χ3n) is 4.87. The number of fused-ring (bicyclic) bond motifs is 1. The van der Waals surface area contributed by atoms with E-state index in [1.54, 1.807) is 43.3 Å². The van der Waals surface area contributed by atoms with Crippen LogP contribution in [-0.2, 0) is 4.74 Å². The normalized spacial score (nSPS) is 11.8. The van der Waals surface area contributed by atoms with Crippen LogP contribution < -0.4 is 4.74 Å². The number of nitrogens with one attached hydrogen (secondary N) is 1. The Hall–Kier alpha value is -3.86. The van der Waals surface area contributed by atoms with Gasteiger partial charge in [0.1, 0.15) is 17.1 Å². The maximum atomic E-state index is 13.1. The van der Waals surface area contributed by atoms with Crippen LogP contribution in [0.25, 0.3) is 10.9 Å². The molecule has 4 aromatic rings. The Kier molecular flexibility index (Phi) is 5.35. The Morgan fingerprint density at radius 1 is 0.867 bits per heavy atom. The molecule has 0 aliphatic rings. The van der Waals surface area contributed by atoms with Crippen molar-refractivity contribution in [2.24, 2.45) is 0 Å². The lowest BCUT2D eigenvalue weighted by molar-refractivity contribution is 0.0316. The van der Waals surface area contributed by atoms with E-state index in [1.807, 2.05) is 49.4 Å². The minimum Gasteiger partial charge on any atom is -0.456 e. The number of ether oxygens (including phenoxy) is 2. The van der Waals surface area contributed by atoms with Gasteiger partial charge in [-0.3, -0.25) is 4.79 Å². The van der Waals surface area contributed by atoms with Gasteiger partial charge in [-0.05, 0) is 44.2 Å². The molecule has 1 aromatic heterocycles. The summed E-state index contributed by atoms with van der Waals surface area (Å²) in [5, 5.41) is 0.815. The summed E-state index contributed by atoms with van der Waals surface area (Å²) in [7, 11) is 0. The lowest BCUT2D eigenvalue weighted by Crippen LogP contribution is -2.25. The number of aryl methyl sites for hydroxylation is 1. The summed E-state index contributed by atoms with van der Waals surface area (Å²) >= 11 is 0. The number of para-hydroxylation sites is 3. The van der Waals surface area contributed by atoms with Gasteiger partial charge in [0.25, 0.3) is 0 Å². The van der Waals surface area contributed by atoms with Crippen LogP contribution in [0.3, 0.4) is 0 Å². The molecule has 1 heterocycles. The lowest BCUT2D eigenvalue weighted by atomic mass is 10.0. The number of H-pyrrole nitrogens is 1. The second kappa shape index (κ2) is 8.25. The van der Waals surface area contributed by atoms with Crippen LogP contribution in [0.5, 0.6) is 11.5 Å². The molecule has 150 valence electrons. The Morgan fingerprint density at radius 3 is 2.33 bits per heavy atom. The van der Waals surface area contributed by atoms with Gasteiger partial charge in [-0.25, -0.2) is 4.79 Å². The highest BCUT2D eigenvalue weighted by Gasteiger charge is 2.26. The number of hydrogen-bond acceptors (Lipinski definition) is 4. The van der Waals surface area contributed by atoms with Gasteiger partial charge in [-0.1, -0.05) is 48.5 Å². The zero-order valence-corrected chi connectivity index (χ0v) is 16.7. The second-order valence-electron chi connectivity index (χ2n) is 6.99. The van der Waals surface area contributed by atoms with Gasteiger partial charge in [0.05, 0.1) is 0 Å². The highest BCUT2D eigenvalue weighted by Crippen LogP contribution is 2.27. The predicted molar refractivity (Wildman–Crippen MR) is 115 cm³/mol. The fraction of sp³-hybridized carbons (Fsp3) is 0.120. The topological polar surface area (TPSA) is 68.4 Å². The van der Waals surface area contributed by atoms with Crippen LogP contribution in [0.1, 0.15) is 33.3 Å². The number of hydrogen-bond donors (Lipinski definition) is 1. The largest absolute Gasteiger partial charge is 0.456 e. The highest BCUT2D eigenvalue weighted by molar-refractivity contribution is 6.11. The molecule has 1 N–H and O–H groups in total. The fourth-order valence-electron chi connectivity index (χ4n) is 3.41. The van der Waals surface area contributed by atoms with E-state index in [0.29, 0.717) is 17.1 Å². The van der Waals surface area contributed by atoms with Crippen molar-refractivity contribution in [3.63, 3.8) is 0 Å². The van der Waals surface area contributed by atoms with Crippen molar-refractivity contribution in [1.29, 1.82) is 0 Å². The summed E-state index contributed by atoms with van der Waals surface area (Å²) in [6.45, 7) is 3.42. The van der Waals surface area contributed by atoms with E-state index in [0.717, 1.165) is 16.6 Å². The zero-order chi connectivity index (χ0) is 21.1. The summed E-state index contributed by atoms with van der Waals surface area (Å²) in [6, 6.07) is 23.6. The molecule has 4 rings (SSSR count). The van der Waals surface area contributed by atoms with Gasteiger partial charge < -0.3 is 14.5 Å². The summed E-state index contributed by atoms with van der Waals surface area (Å²) < 4.78 is 11.4. The standard InChI is InChI=1S/C25H21NO4/c1-16-23(19-12-6-8-14-21(19)26-16)24(27)17(2)29-25(28)20-13-7-9-15-22(20)30-18-10-4-3-5-11-18/h3-15,17,26H,1-2H3/t17-/m1/s1. The summed E-state index contributed by atoms with van der Waals surface area (Å²) in [4.78, 5) is 29.1. The molecule has 0 bridgehead atoms. The molecule has 3 aromatic carbocycles. The fourth-order valence-corrected chi connectivity index (χ4v) is 3.41. The summed E-state index contributed by atoms with van der Waals surface area (Å²) in [5.74, 6) is 0.118. The molecule has 5 heteroatoms. The van der Waals surface area contributed by atoms with Gasteiger partial charge in [0, 0.05) is 22.2 Å². The van der Waals surface area contributed by atoms with Crippen LogP contribution in [0, 0.1) is 6.92 Å². The van der Waals surface area contributed by atoms with E-state index in [1.165, 1.54) is 0 Å². The monoisotopic (exact) mass is 399 g/mol. The van der Waals surface area contributed by atoms with Crippen molar-refractivity contribution >= 4 is 22.7 Å². The number of rotatable bonds is 6. The van der Waals surface area contributed by atoms with E-state index in [-0.39, 0.29) is 11.3 Å². The first-order valence-corrected chi connectivity index (χ1v) is 9.69. The number of carbonyl (C=O) groups excluding carboxylic acids is 2. The molecular formula is C25H21NO4. The molecule has 0 spiro atoms. The van der Waals surface area contributed by atoms with Gasteiger partial charge in [-0.2, -0.15) is 0 Å². The Bertz CT molecular complexity index is 1210. The average Bonchev–Trinajstić information content (AvgIpc) is 3.09. The van der Waals surface area contributed by atoms with Crippen molar-refractivity contribution < 1.29 is 19.1 Å². The first kappa shape index (κ1) is 19.5. The number of benzene rings is 3. The maximum Gasteiger partial charge on any atom is 0.342 e. The molecule has 1 atom stereocenters. The van der Waals surface area contributed by atoms with Gasteiger partial charge in [-0.15, -0.1) is 0 Å². The van der Waals surface area contributed by atoms with E-state index in [4.69, 9.17) is 9.47 Å². The number of carbonyl (C=O) groups is 2. The maximum absolute atomic E-state index is 13.1. The third-order valence-corrected chi connectivity index (χ3v) is 4.87. The van der Waals surface area contributed by atoms with E-state index < -0.39 is 12.1 Å². The number of ketones is 1. The van der Waals surface area contributed by atoms with Crippen LogP contribution in [0.2, 0.25) is 0 Å². The SMILES string of the molecule is Cc1[nH]c2ccccc2c1C(=O)[C@@H](C)OC(=O)c1ccccc1Oc1ccccc1. The van der Waals surface area contributed by atoms with Gasteiger partial charge in [0.2, 0.25) is 5.78 Å². The average molecular weight is 399 g/mol. The number of Topliss-reactive ketones (excluding diaryl/α,β-unsaturated/α-hetero) is 1. The molecule has 0 saturated carbocycles. The van der Waals surface area contributed by atoms with Crippen molar-refractivity contribution in [3.05, 3.63) is 95.7 Å². The van der Waals surface area contributed by atoms with E-state index in [2.05, 4.69) is 4.98 Å². The van der Waals surface area contributed by atoms with Crippen molar-refractivity contribution in [2.75, 3.05) is 0 Å². The lowest BCUT2D eigenvalue weighted by Gasteiger charge is -2.15. The molecule has 0 unspecified atom stereocenters. The Balaban J connectivity index is 1.55. The minimum atomic E-state index is -0.944. The van der Waals surface area contributed by atoms with Crippen molar-refractivity contribution in [3.8, 4) is 11.5 Å². The molecule has 30 heavy (non-hydrogen) atoms. The summed E-state index contributed by atoms with van der Waals surface area (Å²) in [6.07, 6.45) is -0.944. The molecule has 0 aliphatic heterocycles. The van der Waals surface area contributed by atoms with Crippen LogP contribution in [0.15, 0.2) is 78.9 Å². The zero-order valence-electron chi connectivity index (χ0n) is 16.7. The Morgan fingerprint density at radius 2 is 1.53 bits per heavy atom. The predicted octanol–water partition coefficient (Wildman–Crippen LogP) is 5.70. The molecule has 0 radical (unpaired) electrons. The molecule has 0 fully saturated rings. The minimum absolute atomic E-state index is 0.250. The second-order valence-corrected chi connectivity index (χ2v) is 6.99. The van der Waals surface area contributed by atoms with E-state index in [9.17, 15) is 9.59 Å². The first-order valence-electron chi connectivity index (χ1n) is 9.69. The van der Waals surface area contributed by atoms with Crippen LogP contribution >= 0.6 is 0 Å². The summed E-state index contributed by atoms with van der Waals surface area (Å²) in [5.41, 5.74) is 2.42. The first-order chi connectivity index (χ1) is 14.5. The van der Waals surface area contributed by atoms with Gasteiger partial charge in [0.15, 0.2) is 6.10 Å². The van der Waals surface area contributed by atoms with Crippen LogP contribution in [0.4, 0.5) is 0 Å². The molecule has 0 aliphatic carbocycles. The smallest absolute Gasteiger partial charge is 0.342 e. The highest BCUT2D eigenvalue weighted by atomic mass is 16.5. The quantitative estimate of drug-likeness (QED) is 0.334. The Labute approximate surface area is 174 Å². The van der Waals surface area contributed by atoms with Crippen molar-refractivity contribution in [1.82, 2.24) is 4.98 Å². The molecule has 5 nitrogen and oxygen atoms in total. The molecule has 0 amide bonds. The number of aromatic nitrogens is 1. The molecular weight excluding hydrogens is 378 g/mol. The molecule has 0 saturated heterocycles. The number of aromatic amines is 1. The number of esters is 1. The van der Waals surface area contributed by atoms with Crippen molar-refractivity contribution in [2.45, 2.75) is 20.0 Å². The van der Waals surface area contributed by atoms with Crippen LogP contribution in [-0.4, -0.2) is 22.8 Å². The third kappa shape index (κ3) is 3.82. The van der Waals surface area contributed by atoms with E-state index >= 15 is 0 Å².